The molecule has 2 rings (SSSR count). The van der Waals surface area contributed by atoms with E-state index in [9.17, 15) is 4.79 Å². The van der Waals surface area contributed by atoms with Crippen LogP contribution < -0.4 is 0 Å². The van der Waals surface area contributed by atoms with Gasteiger partial charge in [0.1, 0.15) is 0 Å². The first-order valence-corrected chi connectivity index (χ1v) is 10.0. The fourth-order valence-corrected chi connectivity index (χ4v) is 3.06. The van der Waals surface area contributed by atoms with Gasteiger partial charge in [0.15, 0.2) is 0 Å². The van der Waals surface area contributed by atoms with Gasteiger partial charge in [-0.25, -0.2) is 4.79 Å². The molecular formula is C19H46N4O. The van der Waals surface area contributed by atoms with Gasteiger partial charge in [-0.05, 0) is 27.7 Å². The minimum Gasteiger partial charge on any atom is -0.322 e. The molecule has 0 aromatic heterocycles. The summed E-state index contributed by atoms with van der Waals surface area (Å²) in [5.74, 6) is 0. The molecule has 0 unspecified atom stereocenters. The van der Waals surface area contributed by atoms with Crippen molar-refractivity contribution in [3.05, 3.63) is 0 Å². The molecule has 2 fully saturated rings. The number of amides is 2. The smallest absolute Gasteiger partial charge is 0.320 e. The molecule has 2 aliphatic rings. The molecular weight excluding hydrogens is 300 g/mol. The van der Waals surface area contributed by atoms with E-state index in [-0.39, 0.29) is 8.88 Å². The highest BCUT2D eigenvalue weighted by molar-refractivity contribution is 5.76. The Morgan fingerprint density at radius 1 is 0.625 bits per heavy atom. The molecule has 5 heteroatoms. The van der Waals surface area contributed by atoms with Crippen LogP contribution in [0.15, 0.2) is 0 Å². The molecule has 2 aliphatic heterocycles. The normalized spacial score (nSPS) is 20.3. The highest BCUT2D eigenvalue weighted by Crippen LogP contribution is 2.12. The predicted octanol–water partition coefficient (Wildman–Crippen LogP) is 3.70. The summed E-state index contributed by atoms with van der Waals surface area (Å²) >= 11 is 0. The van der Waals surface area contributed by atoms with Gasteiger partial charge in [0.2, 0.25) is 0 Å². The average molecular weight is 347 g/mol. The minimum absolute atomic E-state index is 0. The van der Waals surface area contributed by atoms with E-state index in [1.807, 2.05) is 37.5 Å². The lowest BCUT2D eigenvalue weighted by molar-refractivity contribution is 0.146. The Labute approximate surface area is 153 Å². The predicted molar refractivity (Wildman–Crippen MR) is 109 cm³/mol. The van der Waals surface area contributed by atoms with Crippen molar-refractivity contribution in [1.29, 1.82) is 0 Å². The molecule has 0 aromatic carbocycles. The first kappa shape index (κ1) is 23.2. The van der Waals surface area contributed by atoms with E-state index in [2.05, 4.69) is 37.5 Å². The van der Waals surface area contributed by atoms with Crippen molar-refractivity contribution < 1.29 is 7.65 Å². The highest BCUT2D eigenvalue weighted by atomic mass is 16.2. The molecule has 2 heterocycles. The Bertz CT molecular complexity index is 314. The number of rotatable bonds is 2. The van der Waals surface area contributed by atoms with Crippen LogP contribution in [0.2, 0.25) is 0 Å². The van der Waals surface area contributed by atoms with Gasteiger partial charge in [0, 0.05) is 67.3 Å². The van der Waals surface area contributed by atoms with Crippen molar-refractivity contribution in [1.82, 2.24) is 19.6 Å². The Kier molecular flexibility index (Phi) is 12.1. The molecule has 0 saturated carbocycles. The molecule has 2 amide bonds. The first-order valence-electron chi connectivity index (χ1n) is 10.0. The summed E-state index contributed by atoms with van der Waals surface area (Å²) in [5, 5.41) is 0. The standard InChI is InChI=1S/C15H30N4O.2C2H6.2H2/c1-13(2)16-5-6-17(14(3)4)8-10-19-12-11-18(9-7-16)15(19)20;2*1-2;;/h13-14H,5-12H2,1-4H3;2*1-2H3;2*1H. The van der Waals surface area contributed by atoms with Crippen molar-refractivity contribution >= 4 is 6.03 Å². The van der Waals surface area contributed by atoms with Gasteiger partial charge in [0.05, 0.1) is 0 Å². The van der Waals surface area contributed by atoms with Gasteiger partial charge in [-0.2, -0.15) is 0 Å². The van der Waals surface area contributed by atoms with Gasteiger partial charge in [-0.3, -0.25) is 9.80 Å². The van der Waals surface area contributed by atoms with Gasteiger partial charge in [-0.1, -0.05) is 27.7 Å². The summed E-state index contributed by atoms with van der Waals surface area (Å²) in [6.45, 7) is 24.7. The number of fused-ring (bicyclic) bond motifs is 2. The summed E-state index contributed by atoms with van der Waals surface area (Å²) in [4.78, 5) is 21.3. The Balaban J connectivity index is -0.000000824. The molecule has 5 nitrogen and oxygen atoms in total. The van der Waals surface area contributed by atoms with Crippen LogP contribution in [-0.4, -0.2) is 90.1 Å². The fraction of sp³-hybridized carbons (Fsp3) is 0.947. The van der Waals surface area contributed by atoms with Crippen molar-refractivity contribution in [3.63, 3.8) is 0 Å². The molecule has 0 N–H and O–H groups in total. The number of carbonyl (C=O) groups is 1. The molecule has 0 aliphatic carbocycles. The summed E-state index contributed by atoms with van der Waals surface area (Å²) in [6.07, 6.45) is 0. The van der Waals surface area contributed by atoms with E-state index in [0.29, 0.717) is 12.1 Å². The lowest BCUT2D eigenvalue weighted by Crippen LogP contribution is -2.44. The molecule has 0 radical (unpaired) electrons. The third-order valence-electron chi connectivity index (χ3n) is 4.63. The maximum atomic E-state index is 12.3. The van der Waals surface area contributed by atoms with E-state index in [4.69, 9.17) is 0 Å². The van der Waals surface area contributed by atoms with E-state index in [1.54, 1.807) is 0 Å². The lowest BCUT2D eigenvalue weighted by Gasteiger charge is -2.32. The maximum absolute atomic E-state index is 12.3. The third kappa shape index (κ3) is 6.98. The van der Waals surface area contributed by atoms with Gasteiger partial charge in [-0.15, -0.1) is 0 Å². The molecule has 2 saturated heterocycles. The second-order valence-electron chi connectivity index (χ2n) is 6.52. The van der Waals surface area contributed by atoms with Crippen molar-refractivity contribution in [3.8, 4) is 0 Å². The third-order valence-corrected chi connectivity index (χ3v) is 4.63. The van der Waals surface area contributed by atoms with Crippen LogP contribution in [0.1, 0.15) is 58.2 Å². The lowest BCUT2D eigenvalue weighted by atomic mass is 10.2. The number of hydrogen-bond donors (Lipinski definition) is 0. The zero-order chi connectivity index (χ0) is 18.7. The molecule has 0 spiro atoms. The Morgan fingerprint density at radius 2 is 0.875 bits per heavy atom. The van der Waals surface area contributed by atoms with Crippen LogP contribution in [0, 0.1) is 0 Å². The average Bonchev–Trinajstić information content (AvgIpc) is 2.91. The van der Waals surface area contributed by atoms with Gasteiger partial charge < -0.3 is 9.80 Å². The van der Waals surface area contributed by atoms with Gasteiger partial charge in [0.25, 0.3) is 0 Å². The van der Waals surface area contributed by atoms with Crippen LogP contribution in [0.3, 0.4) is 0 Å². The number of hydrogen-bond acceptors (Lipinski definition) is 3. The van der Waals surface area contributed by atoms with E-state index in [0.717, 1.165) is 52.4 Å². The largest absolute Gasteiger partial charge is 0.322 e. The molecule has 2 bridgehead atoms. The van der Waals surface area contributed by atoms with Crippen molar-refractivity contribution in [2.75, 3.05) is 52.4 Å². The number of carbonyl (C=O) groups excluding carboxylic acids is 1. The van der Waals surface area contributed by atoms with Crippen LogP contribution in [0.25, 0.3) is 0 Å². The first-order chi connectivity index (χ1) is 11.5. The zero-order valence-corrected chi connectivity index (χ0v) is 17.5. The van der Waals surface area contributed by atoms with Gasteiger partial charge >= 0.3 is 6.03 Å². The van der Waals surface area contributed by atoms with Crippen LogP contribution in [-0.2, 0) is 0 Å². The highest BCUT2D eigenvalue weighted by Gasteiger charge is 2.29. The minimum atomic E-state index is 0. The molecule has 148 valence electrons. The van der Waals surface area contributed by atoms with E-state index < -0.39 is 0 Å². The number of urea groups is 1. The molecule has 0 atom stereocenters. The second kappa shape index (κ2) is 12.5. The van der Waals surface area contributed by atoms with Crippen molar-refractivity contribution in [2.24, 2.45) is 0 Å². The molecule has 0 aromatic rings. The maximum Gasteiger partial charge on any atom is 0.320 e. The quantitative estimate of drug-likeness (QED) is 0.763. The summed E-state index contributed by atoms with van der Waals surface area (Å²) in [6, 6.07) is 1.32. The molecule has 24 heavy (non-hydrogen) atoms. The summed E-state index contributed by atoms with van der Waals surface area (Å²) in [7, 11) is 0. The topological polar surface area (TPSA) is 30.0 Å². The van der Waals surface area contributed by atoms with Crippen LogP contribution >= 0.6 is 0 Å². The SMILES string of the molecule is CC.CC.CC(C)N1CCN2CCN(CCN(C(C)C)CC1)C2=O.[HH].[HH]. The van der Waals surface area contributed by atoms with E-state index >= 15 is 0 Å². The van der Waals surface area contributed by atoms with Crippen LogP contribution in [0.5, 0.6) is 0 Å². The Hall–Kier alpha value is -0.810. The second-order valence-corrected chi connectivity index (χ2v) is 6.52. The zero-order valence-electron chi connectivity index (χ0n) is 17.5. The Morgan fingerprint density at radius 3 is 1.17 bits per heavy atom. The van der Waals surface area contributed by atoms with Crippen molar-refractivity contribution in [2.45, 2.75) is 67.5 Å². The summed E-state index contributed by atoms with van der Waals surface area (Å²) < 4.78 is 0. The number of nitrogens with zero attached hydrogens (tertiary/aromatic N) is 4. The van der Waals surface area contributed by atoms with E-state index in [1.165, 1.54) is 0 Å². The van der Waals surface area contributed by atoms with Crippen LogP contribution in [0.4, 0.5) is 4.79 Å². The monoisotopic (exact) mass is 346 g/mol. The summed E-state index contributed by atoms with van der Waals surface area (Å²) in [5.41, 5.74) is 0. The fourth-order valence-electron chi connectivity index (χ4n) is 3.06.